The van der Waals surface area contributed by atoms with E-state index in [4.69, 9.17) is 9.11 Å². The largest absolute Gasteiger partial charge is 0.406 e. The second kappa shape index (κ2) is 16.8. The van der Waals surface area contributed by atoms with E-state index >= 15 is 0 Å². The summed E-state index contributed by atoms with van der Waals surface area (Å²) in [5.74, 6) is -4.12. The highest BCUT2D eigenvalue weighted by Crippen LogP contribution is 2.28. The number of unbranched alkanes of at least 4 members (excludes halogenated alkanes) is 14. The first kappa shape index (κ1) is 31.2. The van der Waals surface area contributed by atoms with Crippen molar-refractivity contribution in [3.8, 4) is 0 Å². The van der Waals surface area contributed by atoms with Gasteiger partial charge in [-0.1, -0.05) is 96.8 Å². The average Bonchev–Trinajstić information content (AvgIpc) is 2.61. The van der Waals surface area contributed by atoms with Gasteiger partial charge in [-0.25, -0.2) is 0 Å². The summed E-state index contributed by atoms with van der Waals surface area (Å²) in [7, 11) is -10.5. The first-order valence-corrected chi connectivity index (χ1v) is 14.2. The fourth-order valence-corrected chi connectivity index (χ4v) is 4.42. The molecule has 0 aromatic heterocycles. The molecular weight excluding hydrogens is 464 g/mol. The van der Waals surface area contributed by atoms with Crippen LogP contribution in [0.2, 0.25) is 0 Å². The minimum atomic E-state index is -5.25. The van der Waals surface area contributed by atoms with E-state index in [1.54, 1.807) is 0 Å². The van der Waals surface area contributed by atoms with E-state index in [-0.39, 0.29) is 6.42 Å². The second-order valence-electron chi connectivity index (χ2n) is 8.00. The van der Waals surface area contributed by atoms with Gasteiger partial charge in [-0.15, -0.1) is 0 Å². The van der Waals surface area contributed by atoms with E-state index in [1.807, 2.05) is 0 Å². The zero-order chi connectivity index (χ0) is 24.5. The van der Waals surface area contributed by atoms with Crippen molar-refractivity contribution < 1.29 is 43.8 Å². The Morgan fingerprint density at radius 1 is 0.656 bits per heavy atom. The van der Waals surface area contributed by atoms with Crippen LogP contribution in [0.25, 0.3) is 0 Å². The summed E-state index contributed by atoms with van der Waals surface area (Å²) in [4.78, 5) is 11.3. The summed E-state index contributed by atoms with van der Waals surface area (Å²) in [5.41, 5.74) is 0. The second-order valence-corrected chi connectivity index (χ2v) is 10.0. The minimum Gasteiger partial charge on any atom is -0.406 e. The van der Waals surface area contributed by atoms with Gasteiger partial charge >= 0.3 is 32.7 Å². The summed E-state index contributed by atoms with van der Waals surface area (Å²) < 4.78 is 74.9. The number of ether oxygens (including phenoxy) is 1. The molecule has 0 spiro atoms. The standard InChI is InChI=1S/C20H40O10S2/c1-3-4-5-6-7-8-9-10-11-12-13-14-15-16-17-18-20(28-19(2)21,29-31(22,23)24)30-32(25,26)27/h3-18H2,1-2H3,(H,22,23,24)(H,25,26,27). The van der Waals surface area contributed by atoms with Crippen LogP contribution in [0.4, 0.5) is 0 Å². The quantitative estimate of drug-likeness (QED) is 0.0933. The van der Waals surface area contributed by atoms with Crippen LogP contribution in [-0.4, -0.2) is 37.9 Å². The van der Waals surface area contributed by atoms with E-state index in [0.717, 1.165) is 32.6 Å². The van der Waals surface area contributed by atoms with Crippen LogP contribution in [0.1, 0.15) is 117 Å². The molecule has 2 N–H and O–H groups in total. The molecule has 32 heavy (non-hydrogen) atoms. The maximum atomic E-state index is 11.3. The van der Waals surface area contributed by atoms with Crippen molar-refractivity contribution in [3.63, 3.8) is 0 Å². The highest BCUT2D eigenvalue weighted by Gasteiger charge is 2.45. The molecule has 0 atom stereocenters. The maximum Gasteiger partial charge on any atom is 0.402 e. The summed E-state index contributed by atoms with van der Waals surface area (Å²) in [6, 6.07) is 0. The molecule has 0 fully saturated rings. The topological polar surface area (TPSA) is 154 Å². The van der Waals surface area contributed by atoms with Crippen molar-refractivity contribution in [1.82, 2.24) is 0 Å². The number of hydrogen-bond acceptors (Lipinski definition) is 8. The first-order valence-electron chi connectivity index (χ1n) is 11.4. The first-order chi connectivity index (χ1) is 14.9. The van der Waals surface area contributed by atoms with Crippen LogP contribution < -0.4 is 0 Å². The molecule has 0 bridgehead atoms. The molecule has 0 aromatic carbocycles. The van der Waals surface area contributed by atoms with Crippen LogP contribution in [-0.2, 0) is 38.7 Å². The zero-order valence-electron chi connectivity index (χ0n) is 19.3. The van der Waals surface area contributed by atoms with Gasteiger partial charge < -0.3 is 4.74 Å². The summed E-state index contributed by atoms with van der Waals surface area (Å²) in [6.07, 6.45) is 15.7. The Labute approximate surface area is 193 Å². The average molecular weight is 505 g/mol. The Morgan fingerprint density at radius 2 is 0.969 bits per heavy atom. The number of esters is 1. The lowest BCUT2D eigenvalue weighted by Gasteiger charge is -2.28. The zero-order valence-corrected chi connectivity index (χ0v) is 20.9. The van der Waals surface area contributed by atoms with E-state index in [1.165, 1.54) is 57.8 Å². The Bertz CT molecular complexity index is 670. The molecule has 0 aliphatic carbocycles. The Morgan fingerprint density at radius 3 is 1.25 bits per heavy atom. The van der Waals surface area contributed by atoms with Crippen molar-refractivity contribution in [1.29, 1.82) is 0 Å². The number of hydrogen-bond donors (Lipinski definition) is 2. The lowest BCUT2D eigenvalue weighted by Crippen LogP contribution is -2.44. The Balaban J connectivity index is 4.16. The van der Waals surface area contributed by atoms with Crippen molar-refractivity contribution >= 4 is 26.8 Å². The molecule has 0 saturated heterocycles. The third-order valence-corrected chi connectivity index (χ3v) is 5.78. The number of carbonyl (C=O) groups excluding carboxylic acids is 1. The lowest BCUT2D eigenvalue weighted by atomic mass is 10.0. The predicted octanol–water partition coefficient (Wildman–Crippen LogP) is 5.10. The fraction of sp³-hybridized carbons (Fsp3) is 0.950. The molecule has 12 heteroatoms. The van der Waals surface area contributed by atoms with Crippen molar-refractivity contribution in [3.05, 3.63) is 0 Å². The Kier molecular flexibility index (Phi) is 16.4. The fourth-order valence-electron chi connectivity index (χ4n) is 3.43. The smallest absolute Gasteiger partial charge is 0.402 e. The lowest BCUT2D eigenvalue weighted by molar-refractivity contribution is -0.288. The van der Waals surface area contributed by atoms with E-state index in [0.29, 0.717) is 6.42 Å². The highest BCUT2D eigenvalue weighted by molar-refractivity contribution is 7.81. The van der Waals surface area contributed by atoms with E-state index in [2.05, 4.69) is 20.0 Å². The van der Waals surface area contributed by atoms with Gasteiger partial charge in [0.05, 0.1) is 0 Å². The van der Waals surface area contributed by atoms with Crippen LogP contribution in [0, 0.1) is 0 Å². The molecule has 0 amide bonds. The highest BCUT2D eigenvalue weighted by atomic mass is 32.3. The molecule has 0 heterocycles. The van der Waals surface area contributed by atoms with Crippen LogP contribution in [0.5, 0.6) is 0 Å². The van der Waals surface area contributed by atoms with Crippen LogP contribution in [0.15, 0.2) is 0 Å². The molecule has 0 aliphatic heterocycles. The van der Waals surface area contributed by atoms with Crippen molar-refractivity contribution in [2.75, 3.05) is 0 Å². The van der Waals surface area contributed by atoms with Gasteiger partial charge in [0.25, 0.3) is 0 Å². The van der Waals surface area contributed by atoms with Crippen molar-refractivity contribution in [2.45, 2.75) is 123 Å². The van der Waals surface area contributed by atoms with Gasteiger partial charge in [0.1, 0.15) is 0 Å². The molecule has 0 radical (unpaired) electrons. The Hall–Kier alpha value is -0.790. The minimum absolute atomic E-state index is 0.163. The molecule has 192 valence electrons. The number of carbonyl (C=O) groups is 1. The van der Waals surface area contributed by atoms with Gasteiger partial charge in [-0.2, -0.15) is 25.2 Å². The van der Waals surface area contributed by atoms with Gasteiger partial charge in [-0.05, 0) is 6.42 Å². The van der Waals surface area contributed by atoms with Crippen LogP contribution in [0.3, 0.4) is 0 Å². The summed E-state index contributed by atoms with van der Waals surface area (Å²) in [5, 5.41) is 0. The van der Waals surface area contributed by atoms with E-state index < -0.39 is 39.2 Å². The SMILES string of the molecule is CCCCCCCCCCCCCCCCCC(OC(C)=O)(OS(=O)(=O)O)OS(=O)(=O)O. The molecule has 10 nitrogen and oxygen atoms in total. The third kappa shape index (κ3) is 19.9. The molecule has 0 saturated carbocycles. The molecule has 0 aliphatic rings. The van der Waals surface area contributed by atoms with Crippen LogP contribution >= 0.6 is 0 Å². The van der Waals surface area contributed by atoms with Gasteiger partial charge in [0.15, 0.2) is 0 Å². The third-order valence-electron chi connectivity index (χ3n) is 4.85. The number of rotatable bonds is 21. The normalized spacial score (nSPS) is 12.8. The molecule has 0 rings (SSSR count). The predicted molar refractivity (Wildman–Crippen MR) is 119 cm³/mol. The summed E-state index contributed by atoms with van der Waals surface area (Å²) >= 11 is 0. The summed E-state index contributed by atoms with van der Waals surface area (Å²) in [6.45, 7) is 3.08. The van der Waals surface area contributed by atoms with Crippen molar-refractivity contribution in [2.24, 2.45) is 0 Å². The molecule has 0 aromatic rings. The molecule has 0 unspecified atom stereocenters. The van der Waals surface area contributed by atoms with Gasteiger partial charge in [-0.3, -0.25) is 13.9 Å². The van der Waals surface area contributed by atoms with Gasteiger partial charge in [0, 0.05) is 13.3 Å². The van der Waals surface area contributed by atoms with E-state index in [9.17, 15) is 21.6 Å². The maximum absolute atomic E-state index is 11.3. The van der Waals surface area contributed by atoms with Gasteiger partial charge in [0.2, 0.25) is 0 Å². The monoisotopic (exact) mass is 504 g/mol. The molecular formula is C20H40O10S2.